The van der Waals surface area contributed by atoms with Crippen molar-refractivity contribution in [2.75, 3.05) is 31.5 Å². The maximum absolute atomic E-state index is 13.7. The molecule has 0 atom stereocenters. The molecule has 9 nitrogen and oxygen atoms in total. The lowest BCUT2D eigenvalue weighted by molar-refractivity contribution is 0.300. The van der Waals surface area contributed by atoms with Crippen LogP contribution in [0.1, 0.15) is 18.4 Å². The molecule has 0 saturated carbocycles. The molecule has 1 aliphatic heterocycles. The minimum absolute atomic E-state index is 0.309. The summed E-state index contributed by atoms with van der Waals surface area (Å²) >= 11 is 0. The highest BCUT2D eigenvalue weighted by molar-refractivity contribution is 5.88. The Bertz CT molecular complexity index is 1470. The minimum atomic E-state index is -0.309. The molecule has 4 aromatic rings. The molecule has 4 heterocycles. The van der Waals surface area contributed by atoms with Gasteiger partial charge < -0.3 is 20.1 Å². The van der Waals surface area contributed by atoms with Gasteiger partial charge in [-0.05, 0) is 70.0 Å². The number of aryl methyl sites for hydroxylation is 2. The monoisotopic (exact) mass is 500 g/mol. The van der Waals surface area contributed by atoms with E-state index in [9.17, 15) is 4.39 Å². The van der Waals surface area contributed by atoms with Crippen molar-refractivity contribution in [3.05, 3.63) is 77.5 Å². The maximum Gasteiger partial charge on any atom is 0.246 e. The third kappa shape index (κ3) is 5.01. The highest BCUT2D eigenvalue weighted by Crippen LogP contribution is 2.38. The first-order chi connectivity index (χ1) is 17.9. The van der Waals surface area contributed by atoms with Crippen molar-refractivity contribution >= 4 is 18.2 Å². The molecule has 0 bridgehead atoms. The number of aromatic nitrogens is 4. The zero-order valence-corrected chi connectivity index (χ0v) is 21.1. The molecular weight excluding hydrogens is 471 g/mol. The first kappa shape index (κ1) is 24.4. The van der Waals surface area contributed by atoms with Gasteiger partial charge in [0, 0.05) is 48.6 Å². The van der Waals surface area contributed by atoms with Crippen molar-refractivity contribution < 1.29 is 8.91 Å². The van der Waals surface area contributed by atoms with E-state index in [2.05, 4.69) is 44.3 Å². The second-order valence-corrected chi connectivity index (χ2v) is 8.91. The highest BCUT2D eigenvalue weighted by Gasteiger charge is 2.22. The summed E-state index contributed by atoms with van der Waals surface area (Å²) in [6.45, 7) is 13.4. The molecule has 1 aromatic carbocycles. The minimum Gasteiger partial charge on any atom is -0.372 e. The number of nitrogens with zero attached hydrogens (tertiary/aromatic N) is 6. The van der Waals surface area contributed by atoms with Crippen molar-refractivity contribution in [1.29, 1.82) is 0 Å². The summed E-state index contributed by atoms with van der Waals surface area (Å²) in [6.07, 6.45) is 5.60. The van der Waals surface area contributed by atoms with Gasteiger partial charge in [-0.25, -0.2) is 18.9 Å². The third-order valence-corrected chi connectivity index (χ3v) is 6.45. The standard InChI is InChI=1S/C27H29FN8O/c1-17(35-13-11-30-12-14-35)5-10-24(29-4)32-27-31-16-22-15-23(25-18(2)34-37-19(25)3)26(36(22)33-27)20-6-8-21(28)9-7-20/h5-10,15-16,30H,4,11-14H2,1-3H3,(H,32,33)/b17-5+,24-10+. The largest absolute Gasteiger partial charge is 0.372 e. The number of aliphatic imine (C=N–C) groups is 1. The van der Waals surface area contributed by atoms with Crippen LogP contribution in [0, 0.1) is 19.7 Å². The number of hydrogen-bond donors (Lipinski definition) is 2. The first-order valence-electron chi connectivity index (χ1n) is 12.1. The zero-order valence-electron chi connectivity index (χ0n) is 21.1. The average Bonchev–Trinajstić information content (AvgIpc) is 3.45. The first-order valence-corrected chi connectivity index (χ1v) is 12.1. The highest BCUT2D eigenvalue weighted by atomic mass is 19.1. The van der Waals surface area contributed by atoms with Crippen molar-refractivity contribution in [2.45, 2.75) is 20.8 Å². The van der Waals surface area contributed by atoms with Crippen LogP contribution in [0.5, 0.6) is 0 Å². The molecule has 0 unspecified atom stereocenters. The van der Waals surface area contributed by atoms with Gasteiger partial charge in [-0.15, -0.1) is 5.10 Å². The Morgan fingerprint density at radius 3 is 2.62 bits per heavy atom. The Morgan fingerprint density at radius 1 is 1.19 bits per heavy atom. The normalized spacial score (nSPS) is 14.9. The lowest BCUT2D eigenvalue weighted by atomic mass is 10.0. The zero-order chi connectivity index (χ0) is 25.9. The number of nitrogens with one attached hydrogen (secondary N) is 2. The van der Waals surface area contributed by atoms with E-state index >= 15 is 0 Å². The lowest BCUT2D eigenvalue weighted by Crippen LogP contribution is -2.42. The molecule has 190 valence electrons. The Balaban J connectivity index is 1.54. The van der Waals surface area contributed by atoms with Gasteiger partial charge in [-0.1, -0.05) is 5.16 Å². The molecule has 0 radical (unpaired) electrons. The summed E-state index contributed by atoms with van der Waals surface area (Å²) in [5, 5.41) is 15.4. The SMILES string of the molecule is C=N/C(=C\C=C(/C)N1CCNCC1)Nc1ncc2cc(-c3c(C)noc3C)c(-c3ccc(F)cc3)n2n1. The van der Waals surface area contributed by atoms with Gasteiger partial charge in [0.15, 0.2) is 0 Å². The molecule has 3 aromatic heterocycles. The van der Waals surface area contributed by atoms with Crippen molar-refractivity contribution in [1.82, 2.24) is 30.0 Å². The van der Waals surface area contributed by atoms with Crippen LogP contribution < -0.4 is 10.6 Å². The second-order valence-electron chi connectivity index (χ2n) is 8.91. The van der Waals surface area contributed by atoms with Crippen molar-refractivity contribution in [2.24, 2.45) is 4.99 Å². The van der Waals surface area contributed by atoms with Crippen LogP contribution >= 0.6 is 0 Å². The van der Waals surface area contributed by atoms with E-state index in [1.807, 2.05) is 32.1 Å². The van der Waals surface area contributed by atoms with E-state index in [1.54, 1.807) is 22.8 Å². The van der Waals surface area contributed by atoms with E-state index in [4.69, 9.17) is 9.62 Å². The summed E-state index contributed by atoms with van der Waals surface area (Å²) in [6, 6.07) is 8.31. The summed E-state index contributed by atoms with van der Waals surface area (Å²) in [4.78, 5) is 10.9. The summed E-state index contributed by atoms with van der Waals surface area (Å²) in [5.41, 5.74) is 6.01. The van der Waals surface area contributed by atoms with E-state index in [0.717, 1.165) is 65.5 Å². The van der Waals surface area contributed by atoms with Crippen LogP contribution in [0.15, 0.2) is 69.7 Å². The number of piperazine rings is 1. The molecule has 0 amide bonds. The summed E-state index contributed by atoms with van der Waals surface area (Å²) in [5.74, 6) is 1.26. The van der Waals surface area contributed by atoms with Crippen LogP contribution in [0.3, 0.4) is 0 Å². The molecule has 2 N–H and O–H groups in total. The van der Waals surface area contributed by atoms with Crippen LogP contribution in [0.25, 0.3) is 27.9 Å². The van der Waals surface area contributed by atoms with E-state index in [-0.39, 0.29) is 5.82 Å². The van der Waals surface area contributed by atoms with E-state index < -0.39 is 0 Å². The molecular formula is C27H29FN8O. The van der Waals surface area contributed by atoms with Gasteiger partial charge >= 0.3 is 0 Å². The number of rotatable bonds is 7. The lowest BCUT2D eigenvalue weighted by Gasteiger charge is -2.29. The van der Waals surface area contributed by atoms with Crippen LogP contribution in [-0.4, -0.2) is 57.6 Å². The van der Waals surface area contributed by atoms with Gasteiger partial charge in [0.1, 0.15) is 17.4 Å². The molecule has 37 heavy (non-hydrogen) atoms. The van der Waals surface area contributed by atoms with Crippen LogP contribution in [0.2, 0.25) is 0 Å². The second kappa shape index (κ2) is 10.4. The molecule has 1 aliphatic rings. The average molecular weight is 501 g/mol. The molecule has 10 heteroatoms. The number of benzene rings is 1. The van der Waals surface area contributed by atoms with E-state index in [0.29, 0.717) is 17.5 Å². The number of allylic oxidation sites excluding steroid dienone is 3. The number of fused-ring (bicyclic) bond motifs is 1. The quantitative estimate of drug-likeness (QED) is 0.283. The molecule has 1 saturated heterocycles. The number of hydrogen-bond acceptors (Lipinski definition) is 8. The number of anilines is 1. The van der Waals surface area contributed by atoms with Gasteiger partial charge in [-0.3, -0.25) is 0 Å². The van der Waals surface area contributed by atoms with E-state index in [1.165, 1.54) is 12.1 Å². The number of halogens is 1. The topological polar surface area (TPSA) is 95.9 Å². The smallest absolute Gasteiger partial charge is 0.246 e. The molecule has 0 aliphatic carbocycles. The summed E-state index contributed by atoms with van der Waals surface area (Å²) in [7, 11) is 0. The Labute approximate surface area is 214 Å². The van der Waals surface area contributed by atoms with Crippen molar-refractivity contribution in [3.8, 4) is 22.4 Å². The third-order valence-electron chi connectivity index (χ3n) is 6.45. The predicted octanol–water partition coefficient (Wildman–Crippen LogP) is 4.57. The van der Waals surface area contributed by atoms with Gasteiger partial charge in [0.05, 0.1) is 23.1 Å². The summed E-state index contributed by atoms with van der Waals surface area (Å²) < 4.78 is 21.0. The van der Waals surface area contributed by atoms with Crippen LogP contribution in [0.4, 0.5) is 10.3 Å². The predicted molar refractivity (Wildman–Crippen MR) is 143 cm³/mol. The molecule has 1 fully saturated rings. The fraction of sp³-hybridized carbons (Fsp3) is 0.259. The maximum atomic E-state index is 13.7. The fourth-order valence-electron chi connectivity index (χ4n) is 4.54. The van der Waals surface area contributed by atoms with Gasteiger partial charge in [0.2, 0.25) is 5.95 Å². The molecule has 0 spiro atoms. The van der Waals surface area contributed by atoms with Crippen LogP contribution in [-0.2, 0) is 0 Å². The Kier molecular flexibility index (Phi) is 6.82. The van der Waals surface area contributed by atoms with Gasteiger partial charge in [0.25, 0.3) is 0 Å². The fourth-order valence-corrected chi connectivity index (χ4v) is 4.54. The van der Waals surface area contributed by atoms with Gasteiger partial charge in [-0.2, -0.15) is 0 Å². The Morgan fingerprint density at radius 2 is 1.95 bits per heavy atom. The Hall–Kier alpha value is -4.31. The van der Waals surface area contributed by atoms with Crippen molar-refractivity contribution in [3.63, 3.8) is 0 Å². The molecule has 5 rings (SSSR count).